The van der Waals surface area contributed by atoms with Crippen molar-refractivity contribution in [1.82, 2.24) is 5.32 Å². The van der Waals surface area contributed by atoms with Crippen LogP contribution in [0.4, 0.5) is 4.79 Å². The van der Waals surface area contributed by atoms with Gasteiger partial charge in [0.25, 0.3) is 0 Å². The standard InChI is InChI=1S/C17H21NO6/c1-4-10-24-17(21)18-15(12-8-6-5-7-9-12)14(16(20)23-3)13(19)11-22-2/h4-9,14-15H,1,10-11H2,2-3H3,(H,18,21)/t14?,15-/m0/s1. The van der Waals surface area contributed by atoms with Crippen LogP contribution in [0.15, 0.2) is 43.0 Å². The van der Waals surface area contributed by atoms with Crippen molar-refractivity contribution in [3.63, 3.8) is 0 Å². The number of ketones is 1. The molecule has 0 saturated heterocycles. The Hall–Kier alpha value is -2.67. The van der Waals surface area contributed by atoms with Crippen LogP contribution in [0.1, 0.15) is 11.6 Å². The molecule has 1 N–H and O–H groups in total. The Labute approximate surface area is 140 Å². The Balaban J connectivity index is 3.16. The van der Waals surface area contributed by atoms with E-state index in [1.807, 2.05) is 0 Å². The van der Waals surface area contributed by atoms with Crippen LogP contribution in [0.5, 0.6) is 0 Å². The molecule has 24 heavy (non-hydrogen) atoms. The van der Waals surface area contributed by atoms with Crippen LogP contribution in [0.2, 0.25) is 0 Å². The highest BCUT2D eigenvalue weighted by Gasteiger charge is 2.37. The zero-order valence-corrected chi connectivity index (χ0v) is 13.7. The largest absolute Gasteiger partial charge is 0.468 e. The van der Waals surface area contributed by atoms with Gasteiger partial charge in [0, 0.05) is 7.11 Å². The maximum absolute atomic E-state index is 12.3. The molecule has 1 aromatic carbocycles. The van der Waals surface area contributed by atoms with E-state index < -0.39 is 29.8 Å². The second-order valence-corrected chi connectivity index (χ2v) is 4.82. The molecule has 0 aliphatic heterocycles. The lowest BCUT2D eigenvalue weighted by atomic mass is 9.89. The van der Waals surface area contributed by atoms with Crippen LogP contribution in [0.3, 0.4) is 0 Å². The Morgan fingerprint density at radius 2 is 1.88 bits per heavy atom. The summed E-state index contributed by atoms with van der Waals surface area (Å²) in [5.41, 5.74) is 0.563. The summed E-state index contributed by atoms with van der Waals surface area (Å²) in [5.74, 6) is -2.54. The first-order valence-electron chi connectivity index (χ1n) is 7.23. The minimum absolute atomic E-state index is 0.00223. The average Bonchev–Trinajstić information content (AvgIpc) is 2.60. The van der Waals surface area contributed by atoms with Crippen molar-refractivity contribution in [3.05, 3.63) is 48.6 Å². The summed E-state index contributed by atoms with van der Waals surface area (Å²) >= 11 is 0. The number of methoxy groups -OCH3 is 2. The van der Waals surface area contributed by atoms with E-state index >= 15 is 0 Å². The van der Waals surface area contributed by atoms with Gasteiger partial charge in [-0.05, 0) is 5.56 Å². The number of benzene rings is 1. The van der Waals surface area contributed by atoms with Gasteiger partial charge in [0.05, 0.1) is 13.2 Å². The highest BCUT2D eigenvalue weighted by Crippen LogP contribution is 2.25. The zero-order valence-electron chi connectivity index (χ0n) is 13.7. The lowest BCUT2D eigenvalue weighted by Gasteiger charge is -2.25. The quantitative estimate of drug-likeness (QED) is 0.419. The molecule has 130 valence electrons. The molecule has 1 aromatic rings. The van der Waals surface area contributed by atoms with Gasteiger partial charge >= 0.3 is 12.1 Å². The summed E-state index contributed by atoms with van der Waals surface area (Å²) in [7, 11) is 2.52. The number of carbonyl (C=O) groups is 3. The van der Waals surface area contributed by atoms with Gasteiger partial charge in [-0.15, -0.1) is 0 Å². The molecule has 0 saturated carbocycles. The summed E-state index contributed by atoms with van der Waals surface area (Å²) in [6.45, 7) is 3.17. The first kappa shape index (κ1) is 19.4. The Kier molecular flexibility index (Phi) is 8.21. The van der Waals surface area contributed by atoms with Gasteiger partial charge in [0.1, 0.15) is 19.1 Å². The van der Waals surface area contributed by atoms with Crippen molar-refractivity contribution in [2.75, 3.05) is 27.4 Å². The minimum Gasteiger partial charge on any atom is -0.468 e. The van der Waals surface area contributed by atoms with Gasteiger partial charge in [0.15, 0.2) is 5.78 Å². The highest BCUT2D eigenvalue weighted by molar-refractivity contribution is 6.01. The van der Waals surface area contributed by atoms with Crippen LogP contribution >= 0.6 is 0 Å². The van der Waals surface area contributed by atoms with Crippen molar-refractivity contribution in [2.45, 2.75) is 6.04 Å². The van der Waals surface area contributed by atoms with E-state index in [9.17, 15) is 14.4 Å². The molecule has 1 amide bonds. The van der Waals surface area contributed by atoms with Gasteiger partial charge < -0.3 is 19.5 Å². The van der Waals surface area contributed by atoms with Crippen LogP contribution in [0.25, 0.3) is 0 Å². The lowest BCUT2D eigenvalue weighted by Crippen LogP contribution is -2.42. The van der Waals surface area contributed by atoms with Gasteiger partial charge in [-0.25, -0.2) is 4.79 Å². The molecule has 1 unspecified atom stereocenters. The monoisotopic (exact) mass is 335 g/mol. The van der Waals surface area contributed by atoms with Gasteiger partial charge in [-0.2, -0.15) is 0 Å². The van der Waals surface area contributed by atoms with E-state index in [0.29, 0.717) is 5.56 Å². The van der Waals surface area contributed by atoms with E-state index in [4.69, 9.17) is 14.2 Å². The number of Topliss-reactive ketones (excluding diaryl/α,β-unsaturated/α-hetero) is 1. The SMILES string of the molecule is C=CCOC(=O)N[C@@H](c1ccccc1)C(C(=O)COC)C(=O)OC. The van der Waals surface area contributed by atoms with Gasteiger partial charge in [0.2, 0.25) is 0 Å². The number of amides is 1. The molecule has 2 atom stereocenters. The fraction of sp³-hybridized carbons (Fsp3) is 0.353. The molecule has 0 spiro atoms. The highest BCUT2D eigenvalue weighted by atomic mass is 16.5. The third kappa shape index (κ3) is 5.51. The number of rotatable bonds is 9. The molecule has 0 heterocycles. The van der Waals surface area contributed by atoms with Crippen molar-refractivity contribution >= 4 is 17.8 Å². The predicted molar refractivity (Wildman–Crippen MR) is 86.3 cm³/mol. The number of hydrogen-bond donors (Lipinski definition) is 1. The molecular weight excluding hydrogens is 314 g/mol. The number of esters is 1. The van der Waals surface area contributed by atoms with Crippen molar-refractivity contribution in [3.8, 4) is 0 Å². The Morgan fingerprint density at radius 1 is 1.21 bits per heavy atom. The maximum Gasteiger partial charge on any atom is 0.407 e. The van der Waals surface area contributed by atoms with Gasteiger partial charge in [-0.1, -0.05) is 43.0 Å². The van der Waals surface area contributed by atoms with E-state index in [-0.39, 0.29) is 13.2 Å². The fourth-order valence-electron chi connectivity index (χ4n) is 2.14. The number of carbonyl (C=O) groups excluding carboxylic acids is 3. The summed E-state index contributed by atoms with van der Waals surface area (Å²) in [6.07, 6.45) is 0.633. The van der Waals surface area contributed by atoms with E-state index in [1.54, 1.807) is 30.3 Å². The van der Waals surface area contributed by atoms with Crippen molar-refractivity contribution in [1.29, 1.82) is 0 Å². The molecule has 0 aliphatic carbocycles. The molecule has 1 rings (SSSR count). The Bertz CT molecular complexity index is 572. The molecule has 0 aliphatic rings. The number of ether oxygens (including phenoxy) is 3. The number of nitrogens with one attached hydrogen (secondary N) is 1. The van der Waals surface area contributed by atoms with Crippen molar-refractivity contribution in [2.24, 2.45) is 5.92 Å². The third-order valence-corrected chi connectivity index (χ3v) is 3.19. The van der Waals surface area contributed by atoms with Gasteiger partial charge in [-0.3, -0.25) is 9.59 Å². The summed E-state index contributed by atoms with van der Waals surface area (Å²) < 4.78 is 14.4. The predicted octanol–water partition coefficient (Wildman–Crippen LogP) is 1.64. The second-order valence-electron chi connectivity index (χ2n) is 4.82. The molecule has 0 radical (unpaired) electrons. The summed E-state index contributed by atoms with van der Waals surface area (Å²) in [4.78, 5) is 36.4. The maximum atomic E-state index is 12.3. The van der Waals surface area contributed by atoms with Crippen LogP contribution in [0, 0.1) is 5.92 Å². The average molecular weight is 335 g/mol. The summed E-state index contributed by atoms with van der Waals surface area (Å²) in [6, 6.07) is 7.67. The number of hydrogen-bond acceptors (Lipinski definition) is 6. The van der Waals surface area contributed by atoms with E-state index in [0.717, 1.165) is 0 Å². The van der Waals surface area contributed by atoms with E-state index in [2.05, 4.69) is 11.9 Å². The van der Waals surface area contributed by atoms with E-state index in [1.165, 1.54) is 20.3 Å². The zero-order chi connectivity index (χ0) is 17.9. The normalized spacial score (nSPS) is 12.6. The van der Waals surface area contributed by atoms with Crippen molar-refractivity contribution < 1.29 is 28.6 Å². The molecule has 0 aromatic heterocycles. The molecule has 0 bridgehead atoms. The van der Waals surface area contributed by atoms with Crippen LogP contribution < -0.4 is 5.32 Å². The number of alkyl carbamates (subject to hydrolysis) is 1. The lowest BCUT2D eigenvalue weighted by molar-refractivity contribution is -0.151. The van der Waals surface area contributed by atoms with Crippen LogP contribution in [-0.2, 0) is 23.8 Å². The molecule has 0 fully saturated rings. The smallest absolute Gasteiger partial charge is 0.407 e. The second kappa shape index (κ2) is 10.2. The van der Waals surface area contributed by atoms with Crippen LogP contribution in [-0.4, -0.2) is 45.3 Å². The Morgan fingerprint density at radius 3 is 2.42 bits per heavy atom. The molecule has 7 heteroatoms. The third-order valence-electron chi connectivity index (χ3n) is 3.19. The molecule has 7 nitrogen and oxygen atoms in total. The minimum atomic E-state index is -1.26. The first-order valence-corrected chi connectivity index (χ1v) is 7.23. The molecular formula is C17H21NO6. The summed E-state index contributed by atoms with van der Waals surface area (Å²) in [5, 5.41) is 2.54. The topological polar surface area (TPSA) is 90.9 Å². The first-order chi connectivity index (χ1) is 11.5. The fourth-order valence-corrected chi connectivity index (χ4v) is 2.14.